The number of nitrogens with one attached hydrogen (secondary N) is 1. The molecule has 22 heavy (non-hydrogen) atoms. The van der Waals surface area contributed by atoms with Crippen LogP contribution in [0.2, 0.25) is 5.02 Å². The van der Waals surface area contributed by atoms with E-state index in [9.17, 15) is 0 Å². The largest absolute Gasteiger partial charge is 0.383 e. The van der Waals surface area contributed by atoms with Crippen molar-refractivity contribution in [3.8, 4) is 0 Å². The second-order valence-corrected chi connectivity index (χ2v) is 6.02. The normalized spacial score (nSPS) is 12.3. The van der Waals surface area contributed by atoms with Crippen molar-refractivity contribution in [3.05, 3.63) is 70.7 Å². The highest BCUT2D eigenvalue weighted by molar-refractivity contribution is 6.30. The lowest BCUT2D eigenvalue weighted by molar-refractivity contribution is 0.197. The lowest BCUT2D eigenvalue weighted by Crippen LogP contribution is -2.28. The summed E-state index contributed by atoms with van der Waals surface area (Å²) in [6.45, 7) is 2.61. The quantitative estimate of drug-likeness (QED) is 0.706. The Kier molecular flexibility index (Phi) is 7.44. The lowest BCUT2D eigenvalue weighted by Gasteiger charge is -2.18. The standard InChI is InChI=1S/C19H24ClNO/c1-22-11-10-21-15-18(12-16-6-3-2-4-7-16)13-17-8-5-9-19(20)14-17/h2-9,14,18,21H,10-13,15H2,1H3. The molecule has 0 saturated heterocycles. The fourth-order valence-corrected chi connectivity index (χ4v) is 2.85. The molecule has 0 fully saturated rings. The van der Waals surface area contributed by atoms with Gasteiger partial charge in [-0.2, -0.15) is 0 Å². The van der Waals surface area contributed by atoms with Crippen molar-refractivity contribution in [1.29, 1.82) is 0 Å². The molecule has 1 N–H and O–H groups in total. The molecule has 2 rings (SSSR count). The van der Waals surface area contributed by atoms with Crippen LogP contribution in [0.1, 0.15) is 11.1 Å². The zero-order valence-electron chi connectivity index (χ0n) is 13.1. The predicted molar refractivity (Wildman–Crippen MR) is 93.5 cm³/mol. The SMILES string of the molecule is COCCNCC(Cc1ccccc1)Cc1cccc(Cl)c1. The Morgan fingerprint density at radius 1 is 1.00 bits per heavy atom. The van der Waals surface area contributed by atoms with Crippen LogP contribution in [0.4, 0.5) is 0 Å². The minimum Gasteiger partial charge on any atom is -0.383 e. The summed E-state index contributed by atoms with van der Waals surface area (Å²) in [5.41, 5.74) is 2.67. The van der Waals surface area contributed by atoms with Crippen LogP contribution in [0.25, 0.3) is 0 Å². The molecule has 0 saturated carbocycles. The van der Waals surface area contributed by atoms with Crippen LogP contribution >= 0.6 is 11.6 Å². The highest BCUT2D eigenvalue weighted by atomic mass is 35.5. The summed E-state index contributed by atoms with van der Waals surface area (Å²) in [4.78, 5) is 0. The van der Waals surface area contributed by atoms with E-state index >= 15 is 0 Å². The highest BCUT2D eigenvalue weighted by Crippen LogP contribution is 2.17. The summed E-state index contributed by atoms with van der Waals surface area (Å²) in [6.07, 6.45) is 2.09. The summed E-state index contributed by atoms with van der Waals surface area (Å²) in [5.74, 6) is 0.540. The predicted octanol–water partition coefficient (Wildman–Crippen LogP) is 3.98. The molecule has 2 aromatic carbocycles. The van der Waals surface area contributed by atoms with Crippen LogP contribution in [0.5, 0.6) is 0 Å². The number of ether oxygens (including phenoxy) is 1. The van der Waals surface area contributed by atoms with Gasteiger partial charge in [0.15, 0.2) is 0 Å². The van der Waals surface area contributed by atoms with Crippen LogP contribution in [0.3, 0.4) is 0 Å². The smallest absolute Gasteiger partial charge is 0.0587 e. The average Bonchev–Trinajstić information content (AvgIpc) is 2.52. The number of hydrogen-bond acceptors (Lipinski definition) is 2. The van der Waals surface area contributed by atoms with Crippen molar-refractivity contribution >= 4 is 11.6 Å². The Labute approximate surface area is 138 Å². The minimum atomic E-state index is 0.540. The molecule has 0 bridgehead atoms. The monoisotopic (exact) mass is 317 g/mol. The van der Waals surface area contributed by atoms with Crippen molar-refractivity contribution in [2.24, 2.45) is 5.92 Å². The molecule has 0 spiro atoms. The van der Waals surface area contributed by atoms with E-state index in [2.05, 4.69) is 47.8 Å². The molecule has 0 aromatic heterocycles. The molecule has 0 aliphatic carbocycles. The summed E-state index contributed by atoms with van der Waals surface area (Å²) in [5, 5.41) is 4.29. The van der Waals surface area contributed by atoms with Crippen molar-refractivity contribution in [1.82, 2.24) is 5.32 Å². The Morgan fingerprint density at radius 3 is 2.45 bits per heavy atom. The topological polar surface area (TPSA) is 21.3 Å². The van der Waals surface area contributed by atoms with Crippen LogP contribution in [0, 0.1) is 5.92 Å². The van der Waals surface area contributed by atoms with Gasteiger partial charge in [0.05, 0.1) is 6.61 Å². The Balaban J connectivity index is 1.97. The van der Waals surface area contributed by atoms with Gasteiger partial charge in [-0.1, -0.05) is 54.1 Å². The maximum atomic E-state index is 6.10. The number of benzene rings is 2. The van der Waals surface area contributed by atoms with Crippen molar-refractivity contribution < 1.29 is 4.74 Å². The van der Waals surface area contributed by atoms with E-state index in [0.29, 0.717) is 5.92 Å². The first-order chi connectivity index (χ1) is 10.8. The van der Waals surface area contributed by atoms with Gasteiger partial charge >= 0.3 is 0 Å². The van der Waals surface area contributed by atoms with Gasteiger partial charge in [0, 0.05) is 18.7 Å². The first-order valence-electron chi connectivity index (χ1n) is 7.76. The van der Waals surface area contributed by atoms with Crippen LogP contribution in [-0.4, -0.2) is 26.8 Å². The van der Waals surface area contributed by atoms with Crippen LogP contribution in [0.15, 0.2) is 54.6 Å². The first kappa shape index (κ1) is 17.0. The van der Waals surface area contributed by atoms with Gasteiger partial charge in [0.2, 0.25) is 0 Å². The molecule has 118 valence electrons. The van der Waals surface area contributed by atoms with E-state index in [4.69, 9.17) is 16.3 Å². The third kappa shape index (κ3) is 6.18. The first-order valence-corrected chi connectivity index (χ1v) is 8.13. The molecular weight excluding hydrogens is 294 g/mol. The summed E-state index contributed by atoms with van der Waals surface area (Å²) in [6, 6.07) is 18.8. The molecule has 1 atom stereocenters. The molecule has 0 amide bonds. The highest BCUT2D eigenvalue weighted by Gasteiger charge is 2.11. The van der Waals surface area contributed by atoms with E-state index in [1.807, 2.05) is 12.1 Å². The fraction of sp³-hybridized carbons (Fsp3) is 0.368. The maximum absolute atomic E-state index is 6.10. The number of halogens is 1. The molecule has 0 aliphatic rings. The van der Waals surface area contributed by atoms with Crippen LogP contribution < -0.4 is 5.32 Å². The summed E-state index contributed by atoms with van der Waals surface area (Å²) in [7, 11) is 1.73. The second kappa shape index (κ2) is 9.62. The Bertz CT molecular complexity index is 544. The summed E-state index contributed by atoms with van der Waals surface area (Å²) >= 11 is 6.10. The molecule has 3 heteroatoms. The fourth-order valence-electron chi connectivity index (χ4n) is 2.64. The minimum absolute atomic E-state index is 0.540. The molecule has 0 aliphatic heterocycles. The summed E-state index contributed by atoms with van der Waals surface area (Å²) < 4.78 is 5.10. The Hall–Kier alpha value is -1.35. The van der Waals surface area contributed by atoms with E-state index in [1.165, 1.54) is 11.1 Å². The van der Waals surface area contributed by atoms with E-state index in [0.717, 1.165) is 37.6 Å². The lowest BCUT2D eigenvalue weighted by atomic mass is 9.92. The van der Waals surface area contributed by atoms with E-state index < -0.39 is 0 Å². The van der Waals surface area contributed by atoms with E-state index in [-0.39, 0.29) is 0 Å². The van der Waals surface area contributed by atoms with Crippen molar-refractivity contribution in [2.75, 3.05) is 26.8 Å². The molecule has 0 radical (unpaired) electrons. The molecule has 2 aromatic rings. The van der Waals surface area contributed by atoms with Crippen molar-refractivity contribution in [2.45, 2.75) is 12.8 Å². The number of methoxy groups -OCH3 is 1. The zero-order valence-corrected chi connectivity index (χ0v) is 13.9. The van der Waals surface area contributed by atoms with Gasteiger partial charge in [0.1, 0.15) is 0 Å². The third-order valence-electron chi connectivity index (χ3n) is 3.70. The van der Waals surface area contributed by atoms with Gasteiger partial charge in [-0.15, -0.1) is 0 Å². The van der Waals surface area contributed by atoms with Gasteiger partial charge < -0.3 is 10.1 Å². The van der Waals surface area contributed by atoms with Crippen molar-refractivity contribution in [3.63, 3.8) is 0 Å². The van der Waals surface area contributed by atoms with Crippen LogP contribution in [-0.2, 0) is 17.6 Å². The molecular formula is C19H24ClNO. The van der Waals surface area contributed by atoms with Gasteiger partial charge in [-0.25, -0.2) is 0 Å². The molecule has 0 heterocycles. The van der Waals surface area contributed by atoms with E-state index in [1.54, 1.807) is 7.11 Å². The maximum Gasteiger partial charge on any atom is 0.0587 e. The molecule has 1 unspecified atom stereocenters. The average molecular weight is 318 g/mol. The molecule has 2 nitrogen and oxygen atoms in total. The number of rotatable bonds is 9. The van der Waals surface area contributed by atoms with Gasteiger partial charge in [-0.05, 0) is 48.6 Å². The third-order valence-corrected chi connectivity index (χ3v) is 3.93. The zero-order chi connectivity index (χ0) is 15.6. The Morgan fingerprint density at radius 2 is 1.73 bits per heavy atom. The second-order valence-electron chi connectivity index (χ2n) is 5.59. The number of hydrogen-bond donors (Lipinski definition) is 1. The van der Waals surface area contributed by atoms with Gasteiger partial charge in [0.25, 0.3) is 0 Å². The van der Waals surface area contributed by atoms with Gasteiger partial charge in [-0.3, -0.25) is 0 Å².